The molecular formula is C55H111N9. The molecule has 9 nitrogen and oxygen atoms in total. The largest absolute Gasteiger partial charge is 0.306 e. The van der Waals surface area contributed by atoms with E-state index < -0.39 is 0 Å². The highest BCUT2D eigenvalue weighted by molar-refractivity contribution is 4.90. The Kier molecular flexibility index (Phi) is 21.7. The van der Waals surface area contributed by atoms with E-state index in [2.05, 4.69) is 134 Å². The standard InChI is InChI=1S/C14H29N3.2C14H28N2.C13H26N2/c1-14(2,3)17-11-9-16(10-12-17)13-5-7-15(4)8-6-13;1-14(2,3)16-11-7-13(8-12-16)15-9-5-4-6-10-15;1-14(2,3)16-11-9-15(10-12-16)13-7-5-4-6-8-13;1-13(2,3)15-10-6-12(7-11-15)14-8-4-5-9-14/h13H,5-12H2,1-4H3;2*13H,4-12H2,1-3H3;12H,4-11H2,1-3H3. The van der Waals surface area contributed by atoms with Crippen molar-refractivity contribution in [1.82, 2.24) is 44.1 Å². The van der Waals surface area contributed by atoms with Crippen molar-refractivity contribution in [2.75, 3.05) is 125 Å². The molecule has 1 aliphatic carbocycles. The first-order chi connectivity index (χ1) is 30.2. The molecule has 0 radical (unpaired) electrons. The van der Waals surface area contributed by atoms with Crippen molar-refractivity contribution >= 4 is 0 Å². The Morgan fingerprint density at radius 3 is 0.781 bits per heavy atom. The Balaban J connectivity index is 0.000000161. The second kappa shape index (κ2) is 25.5. The van der Waals surface area contributed by atoms with E-state index in [1.54, 1.807) is 0 Å². The second-order valence-electron chi connectivity index (χ2n) is 25.8. The summed E-state index contributed by atoms with van der Waals surface area (Å²) >= 11 is 0. The number of hydrogen-bond donors (Lipinski definition) is 0. The van der Waals surface area contributed by atoms with Gasteiger partial charge in [0, 0.05) is 125 Å². The average Bonchev–Trinajstić information content (AvgIpc) is 3.83. The zero-order valence-electron chi connectivity index (χ0n) is 45.4. The highest BCUT2D eigenvalue weighted by Crippen LogP contribution is 2.28. The summed E-state index contributed by atoms with van der Waals surface area (Å²) in [5, 5.41) is 0. The van der Waals surface area contributed by atoms with Gasteiger partial charge in [-0.1, -0.05) is 25.7 Å². The Labute approximate surface area is 399 Å². The van der Waals surface area contributed by atoms with Crippen LogP contribution in [0.5, 0.6) is 0 Å². The number of piperidine rings is 4. The summed E-state index contributed by atoms with van der Waals surface area (Å²) in [7, 11) is 2.24. The molecule has 0 atom stereocenters. The van der Waals surface area contributed by atoms with Gasteiger partial charge in [0.15, 0.2) is 0 Å². The molecule has 1 saturated carbocycles. The van der Waals surface area contributed by atoms with Gasteiger partial charge in [0.1, 0.15) is 0 Å². The van der Waals surface area contributed by atoms with E-state index in [1.165, 1.54) is 221 Å². The van der Waals surface area contributed by atoms with E-state index in [9.17, 15) is 0 Å². The summed E-state index contributed by atoms with van der Waals surface area (Å²) in [4.78, 5) is 24.0. The minimum absolute atomic E-state index is 0.346. The number of piperazine rings is 2. The third kappa shape index (κ3) is 17.9. The van der Waals surface area contributed by atoms with Gasteiger partial charge in [-0.3, -0.25) is 29.4 Å². The number of hydrogen-bond acceptors (Lipinski definition) is 9. The van der Waals surface area contributed by atoms with E-state index in [0.29, 0.717) is 22.2 Å². The molecule has 8 fully saturated rings. The van der Waals surface area contributed by atoms with Gasteiger partial charge in [0.25, 0.3) is 0 Å². The van der Waals surface area contributed by atoms with Gasteiger partial charge in [-0.25, -0.2) is 0 Å². The van der Waals surface area contributed by atoms with Crippen molar-refractivity contribution < 1.29 is 0 Å². The van der Waals surface area contributed by atoms with Crippen molar-refractivity contribution in [1.29, 1.82) is 0 Å². The SMILES string of the molecule is CC(C)(C)N1CCC(N2CCCC2)CC1.CC(C)(C)N1CCC(N2CCCCC2)CC1.CC(C)(C)N1CCN(C2CCCCC2)CC1.CN1CCC(N2CCN(C(C)(C)C)CC2)CC1. The number of nitrogens with zero attached hydrogens (tertiary/aromatic N) is 9. The lowest BCUT2D eigenvalue weighted by molar-refractivity contribution is 0.0264. The minimum Gasteiger partial charge on any atom is -0.306 e. The third-order valence-electron chi connectivity index (χ3n) is 17.2. The lowest BCUT2D eigenvalue weighted by Crippen LogP contribution is -2.56. The van der Waals surface area contributed by atoms with Gasteiger partial charge in [0.05, 0.1) is 0 Å². The predicted octanol–water partition coefficient (Wildman–Crippen LogP) is 9.31. The van der Waals surface area contributed by atoms with Crippen LogP contribution in [0.3, 0.4) is 0 Å². The molecule has 7 heterocycles. The van der Waals surface area contributed by atoms with Crippen LogP contribution >= 0.6 is 0 Å². The molecule has 376 valence electrons. The van der Waals surface area contributed by atoms with Gasteiger partial charge in [-0.15, -0.1) is 0 Å². The first-order valence-corrected chi connectivity index (χ1v) is 27.8. The highest BCUT2D eigenvalue weighted by atomic mass is 15.3. The van der Waals surface area contributed by atoms with Gasteiger partial charge < -0.3 is 14.7 Å². The van der Waals surface area contributed by atoms with E-state index in [4.69, 9.17) is 0 Å². The molecule has 0 bridgehead atoms. The zero-order chi connectivity index (χ0) is 46.5. The van der Waals surface area contributed by atoms with E-state index in [-0.39, 0.29) is 0 Å². The van der Waals surface area contributed by atoms with Gasteiger partial charge >= 0.3 is 0 Å². The normalized spacial score (nSPS) is 27.3. The molecule has 8 rings (SSSR count). The average molecular weight is 899 g/mol. The molecule has 0 unspecified atom stereocenters. The maximum atomic E-state index is 2.75. The monoisotopic (exact) mass is 898 g/mol. The van der Waals surface area contributed by atoms with Crippen molar-refractivity contribution in [3.63, 3.8) is 0 Å². The number of likely N-dealkylation sites (tertiary alicyclic amines) is 5. The van der Waals surface area contributed by atoms with E-state index in [0.717, 1.165) is 24.2 Å². The smallest absolute Gasteiger partial charge is 0.0126 e. The molecular weight excluding hydrogens is 787 g/mol. The fraction of sp³-hybridized carbons (Fsp3) is 1.00. The molecule has 0 aromatic heterocycles. The quantitative estimate of drug-likeness (QED) is 0.274. The van der Waals surface area contributed by atoms with Crippen LogP contribution in [0.15, 0.2) is 0 Å². The van der Waals surface area contributed by atoms with Crippen LogP contribution in [-0.4, -0.2) is 215 Å². The second-order valence-corrected chi connectivity index (χ2v) is 25.8. The molecule has 0 spiro atoms. The van der Waals surface area contributed by atoms with Crippen LogP contribution < -0.4 is 0 Å². The lowest BCUT2D eigenvalue weighted by Gasteiger charge is -2.46. The Morgan fingerprint density at radius 2 is 0.469 bits per heavy atom. The summed E-state index contributed by atoms with van der Waals surface area (Å²) in [5.41, 5.74) is 1.44. The molecule has 7 saturated heterocycles. The van der Waals surface area contributed by atoms with Crippen LogP contribution in [0, 0.1) is 0 Å². The highest BCUT2D eigenvalue weighted by Gasteiger charge is 2.34. The van der Waals surface area contributed by atoms with Crippen molar-refractivity contribution in [3.8, 4) is 0 Å². The lowest BCUT2D eigenvalue weighted by atomic mass is 9.93. The molecule has 0 N–H and O–H groups in total. The molecule has 0 amide bonds. The fourth-order valence-electron chi connectivity index (χ4n) is 12.5. The van der Waals surface area contributed by atoms with E-state index >= 15 is 0 Å². The maximum Gasteiger partial charge on any atom is 0.0126 e. The van der Waals surface area contributed by atoms with Gasteiger partial charge in [-0.2, -0.15) is 0 Å². The summed E-state index contributed by atoms with van der Waals surface area (Å²) in [6.45, 7) is 51.4. The Morgan fingerprint density at radius 1 is 0.234 bits per heavy atom. The van der Waals surface area contributed by atoms with Crippen LogP contribution in [0.25, 0.3) is 0 Å². The first-order valence-electron chi connectivity index (χ1n) is 27.8. The Hall–Kier alpha value is -0.360. The fourth-order valence-corrected chi connectivity index (χ4v) is 12.5. The summed E-state index contributed by atoms with van der Waals surface area (Å²) in [5.74, 6) is 0. The summed E-state index contributed by atoms with van der Waals surface area (Å²) in [6, 6.07) is 3.55. The summed E-state index contributed by atoms with van der Waals surface area (Å²) < 4.78 is 0. The maximum absolute atomic E-state index is 2.75. The van der Waals surface area contributed by atoms with Crippen molar-refractivity contribution in [3.05, 3.63) is 0 Å². The molecule has 64 heavy (non-hydrogen) atoms. The first kappa shape index (κ1) is 54.6. The number of rotatable bonds is 4. The molecule has 0 aromatic rings. The Bertz CT molecular complexity index is 1170. The molecule has 0 aromatic carbocycles. The van der Waals surface area contributed by atoms with Crippen LogP contribution in [0.2, 0.25) is 0 Å². The minimum atomic E-state index is 0.346. The molecule has 7 aliphatic heterocycles. The van der Waals surface area contributed by atoms with Crippen LogP contribution in [0.1, 0.15) is 186 Å². The van der Waals surface area contributed by atoms with Crippen molar-refractivity contribution in [2.45, 2.75) is 232 Å². The topological polar surface area (TPSA) is 29.2 Å². The van der Waals surface area contributed by atoms with Crippen LogP contribution in [-0.2, 0) is 0 Å². The third-order valence-corrected chi connectivity index (χ3v) is 17.2. The van der Waals surface area contributed by atoms with Gasteiger partial charge in [0.2, 0.25) is 0 Å². The predicted molar refractivity (Wildman–Crippen MR) is 278 cm³/mol. The van der Waals surface area contributed by atoms with Crippen molar-refractivity contribution in [2.24, 2.45) is 0 Å². The van der Waals surface area contributed by atoms with Gasteiger partial charge in [-0.05, 0) is 206 Å². The van der Waals surface area contributed by atoms with Crippen LogP contribution in [0.4, 0.5) is 0 Å². The molecule has 9 heteroatoms. The summed E-state index contributed by atoms with van der Waals surface area (Å²) in [6.07, 6.45) is 22.8. The zero-order valence-corrected chi connectivity index (χ0v) is 45.4. The van der Waals surface area contributed by atoms with E-state index in [1.807, 2.05) is 0 Å². The molecule has 8 aliphatic rings.